The first-order chi connectivity index (χ1) is 12.5. The number of nitrogens with one attached hydrogen (secondary N) is 1. The fourth-order valence-corrected chi connectivity index (χ4v) is 2.88. The van der Waals surface area contributed by atoms with Crippen molar-refractivity contribution < 1.29 is 19.4 Å². The SMILES string of the molecule is O=c1ccn([C@@H]2O[C@H](c3nc(-c4ccccc4)co3)[C@@H](O)[C@H]2O)c(=O)[nH]1. The standard InChI is InChI=1S/C17H15N3O6/c21-11-6-7-20(17(24)19-11)16-13(23)12(22)14(26-16)15-18-10(8-25-15)9-4-2-1-3-5-9/h1-8,12-14,16,22-23H,(H,19,21,24)/t12-,13+,14-,16+/m0/s1. The molecule has 0 aliphatic carbocycles. The van der Waals surface area contributed by atoms with E-state index < -0.39 is 35.8 Å². The highest BCUT2D eigenvalue weighted by Gasteiger charge is 2.47. The van der Waals surface area contributed by atoms with Crippen LogP contribution in [0.25, 0.3) is 11.3 Å². The molecule has 0 unspecified atom stereocenters. The van der Waals surface area contributed by atoms with Crippen LogP contribution in [0.1, 0.15) is 18.2 Å². The lowest BCUT2D eigenvalue weighted by Crippen LogP contribution is -2.37. The first kappa shape index (κ1) is 16.5. The van der Waals surface area contributed by atoms with E-state index in [1.807, 2.05) is 30.3 Å². The van der Waals surface area contributed by atoms with E-state index in [1.165, 1.54) is 12.5 Å². The van der Waals surface area contributed by atoms with Gasteiger partial charge in [-0.25, -0.2) is 9.78 Å². The Labute approximate surface area is 146 Å². The van der Waals surface area contributed by atoms with Crippen molar-refractivity contribution in [2.45, 2.75) is 24.5 Å². The molecule has 3 aromatic rings. The number of benzene rings is 1. The maximum absolute atomic E-state index is 11.9. The van der Waals surface area contributed by atoms with Crippen LogP contribution in [-0.4, -0.2) is 37.0 Å². The summed E-state index contributed by atoms with van der Waals surface area (Å²) in [4.78, 5) is 29.5. The predicted molar refractivity (Wildman–Crippen MR) is 88.1 cm³/mol. The van der Waals surface area contributed by atoms with E-state index in [-0.39, 0.29) is 5.89 Å². The third-order valence-electron chi connectivity index (χ3n) is 4.20. The van der Waals surface area contributed by atoms with Crippen LogP contribution in [0.2, 0.25) is 0 Å². The maximum atomic E-state index is 11.9. The fraction of sp³-hybridized carbons (Fsp3) is 0.235. The number of H-pyrrole nitrogens is 1. The van der Waals surface area contributed by atoms with Crippen molar-refractivity contribution in [3.63, 3.8) is 0 Å². The fourth-order valence-electron chi connectivity index (χ4n) is 2.88. The van der Waals surface area contributed by atoms with E-state index in [0.717, 1.165) is 16.2 Å². The van der Waals surface area contributed by atoms with E-state index in [1.54, 1.807) is 0 Å². The lowest BCUT2D eigenvalue weighted by atomic mass is 10.1. The molecular formula is C17H15N3O6. The molecule has 26 heavy (non-hydrogen) atoms. The Hall–Kier alpha value is -3.01. The molecular weight excluding hydrogens is 342 g/mol. The summed E-state index contributed by atoms with van der Waals surface area (Å²) in [6.45, 7) is 0. The molecule has 1 fully saturated rings. The van der Waals surface area contributed by atoms with Gasteiger partial charge in [-0.3, -0.25) is 14.3 Å². The van der Waals surface area contributed by atoms with Crippen molar-refractivity contribution >= 4 is 0 Å². The minimum atomic E-state index is -1.41. The second kappa shape index (κ2) is 6.37. The summed E-state index contributed by atoms with van der Waals surface area (Å²) in [6.07, 6.45) is -2.41. The third kappa shape index (κ3) is 2.77. The summed E-state index contributed by atoms with van der Waals surface area (Å²) in [5.74, 6) is 0.0791. The lowest BCUT2D eigenvalue weighted by molar-refractivity contribution is -0.0481. The van der Waals surface area contributed by atoms with Crippen molar-refractivity contribution in [2.24, 2.45) is 0 Å². The molecule has 1 aliphatic heterocycles. The molecule has 4 atom stereocenters. The monoisotopic (exact) mass is 357 g/mol. The van der Waals surface area contributed by atoms with Gasteiger partial charge in [0.1, 0.15) is 24.2 Å². The van der Waals surface area contributed by atoms with Crippen LogP contribution in [0.15, 0.2) is 62.9 Å². The average molecular weight is 357 g/mol. The number of aromatic nitrogens is 3. The molecule has 0 radical (unpaired) electrons. The largest absolute Gasteiger partial charge is 0.445 e. The smallest absolute Gasteiger partial charge is 0.330 e. The Bertz CT molecular complexity index is 1020. The van der Waals surface area contributed by atoms with Gasteiger partial charge in [0, 0.05) is 17.8 Å². The van der Waals surface area contributed by atoms with E-state index >= 15 is 0 Å². The molecule has 0 spiro atoms. The summed E-state index contributed by atoms with van der Waals surface area (Å²) < 4.78 is 12.0. The van der Waals surface area contributed by atoms with Gasteiger partial charge in [-0.15, -0.1) is 0 Å². The number of aromatic amines is 1. The van der Waals surface area contributed by atoms with Crippen LogP contribution in [0.3, 0.4) is 0 Å². The zero-order valence-corrected chi connectivity index (χ0v) is 13.4. The Kier molecular flexibility index (Phi) is 4.03. The van der Waals surface area contributed by atoms with Crippen LogP contribution in [-0.2, 0) is 4.74 Å². The molecule has 1 aliphatic rings. The van der Waals surface area contributed by atoms with Crippen molar-refractivity contribution in [1.82, 2.24) is 14.5 Å². The van der Waals surface area contributed by atoms with Gasteiger partial charge in [0.05, 0.1) is 0 Å². The number of aliphatic hydroxyl groups excluding tert-OH is 2. The van der Waals surface area contributed by atoms with E-state index in [2.05, 4.69) is 9.97 Å². The summed E-state index contributed by atoms with van der Waals surface area (Å²) >= 11 is 0. The van der Waals surface area contributed by atoms with Crippen LogP contribution in [0.5, 0.6) is 0 Å². The summed E-state index contributed by atoms with van der Waals surface area (Å²) in [5.41, 5.74) is 0.0438. The van der Waals surface area contributed by atoms with Gasteiger partial charge in [-0.2, -0.15) is 0 Å². The number of hydrogen-bond acceptors (Lipinski definition) is 7. The highest BCUT2D eigenvalue weighted by molar-refractivity contribution is 5.57. The van der Waals surface area contributed by atoms with E-state index in [4.69, 9.17) is 9.15 Å². The average Bonchev–Trinajstić information content (AvgIpc) is 3.23. The Balaban J connectivity index is 1.63. The number of oxazole rings is 1. The van der Waals surface area contributed by atoms with Gasteiger partial charge in [-0.1, -0.05) is 30.3 Å². The number of rotatable bonds is 3. The van der Waals surface area contributed by atoms with Crippen molar-refractivity contribution in [1.29, 1.82) is 0 Å². The van der Waals surface area contributed by atoms with Gasteiger partial charge in [0.15, 0.2) is 12.3 Å². The molecule has 3 N–H and O–H groups in total. The Morgan fingerprint density at radius 2 is 1.85 bits per heavy atom. The molecule has 134 valence electrons. The Morgan fingerprint density at radius 1 is 1.08 bits per heavy atom. The number of ether oxygens (including phenoxy) is 1. The third-order valence-corrected chi connectivity index (χ3v) is 4.20. The van der Waals surface area contributed by atoms with Gasteiger partial charge < -0.3 is 19.4 Å². The highest BCUT2D eigenvalue weighted by Crippen LogP contribution is 2.38. The second-order valence-corrected chi connectivity index (χ2v) is 5.88. The molecule has 1 aromatic carbocycles. The topological polar surface area (TPSA) is 131 Å². The molecule has 3 heterocycles. The minimum absolute atomic E-state index is 0.0791. The Morgan fingerprint density at radius 3 is 2.58 bits per heavy atom. The van der Waals surface area contributed by atoms with E-state index in [9.17, 15) is 19.8 Å². The van der Waals surface area contributed by atoms with Crippen molar-refractivity contribution in [3.8, 4) is 11.3 Å². The van der Waals surface area contributed by atoms with Gasteiger partial charge in [0.25, 0.3) is 5.56 Å². The molecule has 2 aromatic heterocycles. The van der Waals surface area contributed by atoms with Crippen LogP contribution < -0.4 is 11.2 Å². The van der Waals surface area contributed by atoms with Gasteiger partial charge >= 0.3 is 5.69 Å². The molecule has 4 rings (SSSR count). The number of aliphatic hydroxyl groups is 2. The zero-order valence-electron chi connectivity index (χ0n) is 13.4. The molecule has 9 nitrogen and oxygen atoms in total. The molecule has 0 saturated carbocycles. The van der Waals surface area contributed by atoms with Crippen molar-refractivity contribution in [3.05, 3.63) is 75.6 Å². The van der Waals surface area contributed by atoms with Crippen molar-refractivity contribution in [2.75, 3.05) is 0 Å². The van der Waals surface area contributed by atoms with Crippen LogP contribution in [0, 0.1) is 0 Å². The number of hydrogen-bond donors (Lipinski definition) is 3. The van der Waals surface area contributed by atoms with Crippen LogP contribution >= 0.6 is 0 Å². The summed E-state index contributed by atoms with van der Waals surface area (Å²) in [5, 5.41) is 20.6. The van der Waals surface area contributed by atoms with E-state index in [0.29, 0.717) is 5.69 Å². The predicted octanol–water partition coefficient (Wildman–Crippen LogP) is 0.183. The lowest BCUT2D eigenvalue weighted by Gasteiger charge is -2.16. The maximum Gasteiger partial charge on any atom is 0.330 e. The first-order valence-electron chi connectivity index (χ1n) is 7.88. The molecule has 0 amide bonds. The molecule has 9 heteroatoms. The zero-order chi connectivity index (χ0) is 18.3. The summed E-state index contributed by atoms with van der Waals surface area (Å²) in [6, 6.07) is 10.4. The normalized spacial score (nSPS) is 25.5. The van der Waals surface area contributed by atoms with Crippen LogP contribution in [0.4, 0.5) is 0 Å². The highest BCUT2D eigenvalue weighted by atomic mass is 16.6. The van der Waals surface area contributed by atoms with Gasteiger partial charge in [0.2, 0.25) is 5.89 Å². The second-order valence-electron chi connectivity index (χ2n) is 5.88. The summed E-state index contributed by atoms with van der Waals surface area (Å²) in [7, 11) is 0. The molecule has 1 saturated heterocycles. The number of nitrogens with zero attached hydrogens (tertiary/aromatic N) is 2. The van der Waals surface area contributed by atoms with Gasteiger partial charge in [-0.05, 0) is 0 Å². The quantitative estimate of drug-likeness (QED) is 0.609. The molecule has 0 bridgehead atoms. The first-order valence-corrected chi connectivity index (χ1v) is 7.88. The minimum Gasteiger partial charge on any atom is -0.445 e.